The van der Waals surface area contributed by atoms with Crippen molar-refractivity contribution in [1.29, 1.82) is 0 Å². The van der Waals surface area contributed by atoms with Crippen LogP contribution in [0.2, 0.25) is 0 Å². The van der Waals surface area contributed by atoms with Crippen LogP contribution in [0.5, 0.6) is 0 Å². The average molecular weight is 345 g/mol. The van der Waals surface area contributed by atoms with Gasteiger partial charge in [0.1, 0.15) is 6.33 Å². The van der Waals surface area contributed by atoms with Crippen molar-refractivity contribution in [3.05, 3.63) is 52.5 Å². The molecule has 1 aromatic carbocycles. The largest absolute Gasteiger partial charge is 0.327 e. The van der Waals surface area contributed by atoms with Crippen molar-refractivity contribution in [3.63, 3.8) is 0 Å². The molecule has 0 saturated heterocycles. The van der Waals surface area contributed by atoms with Crippen LogP contribution in [0.3, 0.4) is 0 Å². The number of benzene rings is 1. The van der Waals surface area contributed by atoms with Gasteiger partial charge in [-0.15, -0.1) is 21.5 Å². The molecule has 3 aromatic rings. The van der Waals surface area contributed by atoms with Crippen LogP contribution in [0.1, 0.15) is 5.56 Å². The second-order valence-electron chi connectivity index (χ2n) is 4.91. The lowest BCUT2D eigenvalue weighted by Gasteiger charge is -2.05. The minimum absolute atomic E-state index is 0.188. The van der Waals surface area contributed by atoms with Crippen molar-refractivity contribution in [2.24, 2.45) is 12.0 Å². The molecule has 0 radical (unpaired) electrons. The zero-order valence-corrected chi connectivity index (χ0v) is 14.3. The Labute approximate surface area is 141 Å². The van der Waals surface area contributed by atoms with Crippen molar-refractivity contribution in [3.8, 4) is 5.69 Å². The molecule has 0 saturated carbocycles. The highest BCUT2D eigenvalue weighted by atomic mass is 32.2. The molecule has 0 spiro atoms. The van der Waals surface area contributed by atoms with E-state index in [0.717, 1.165) is 5.69 Å². The quantitative estimate of drug-likeness (QED) is 0.680. The Kier molecular flexibility index (Phi) is 4.73. The molecule has 0 unspecified atom stereocenters. The monoisotopic (exact) mass is 345 g/mol. The summed E-state index contributed by atoms with van der Waals surface area (Å²) in [4.78, 5) is 16.8. The first kappa shape index (κ1) is 15.7. The summed E-state index contributed by atoms with van der Waals surface area (Å²) in [6, 6.07) is 8.06. The van der Waals surface area contributed by atoms with Gasteiger partial charge in [-0.2, -0.15) is 4.99 Å². The number of carbonyl (C=O) groups is 1. The van der Waals surface area contributed by atoms with E-state index in [1.165, 1.54) is 28.7 Å². The molecule has 118 valence electrons. The topological polar surface area (TPSA) is 65.1 Å². The molecule has 2 aromatic heterocycles. The van der Waals surface area contributed by atoms with Gasteiger partial charge < -0.3 is 4.57 Å². The second kappa shape index (κ2) is 6.93. The van der Waals surface area contributed by atoms with Gasteiger partial charge in [0.15, 0.2) is 9.96 Å². The molecule has 2 heterocycles. The summed E-state index contributed by atoms with van der Waals surface area (Å²) in [5.41, 5.74) is 2.16. The van der Waals surface area contributed by atoms with E-state index in [-0.39, 0.29) is 11.7 Å². The molecule has 0 aliphatic carbocycles. The number of aromatic nitrogens is 4. The van der Waals surface area contributed by atoms with E-state index in [9.17, 15) is 4.79 Å². The SMILES string of the molecule is Cc1ccc(-n2cnnc2SCC(=O)N=c2sccn2C)cc1. The maximum absolute atomic E-state index is 12.0. The summed E-state index contributed by atoms with van der Waals surface area (Å²) in [5, 5.41) is 10.6. The van der Waals surface area contributed by atoms with E-state index < -0.39 is 0 Å². The summed E-state index contributed by atoms with van der Waals surface area (Å²) < 4.78 is 3.69. The van der Waals surface area contributed by atoms with Crippen molar-refractivity contribution in [2.75, 3.05) is 5.75 Å². The third-order valence-corrected chi connectivity index (χ3v) is 4.91. The van der Waals surface area contributed by atoms with Gasteiger partial charge in [0.25, 0.3) is 5.91 Å². The van der Waals surface area contributed by atoms with E-state index in [4.69, 9.17) is 0 Å². The number of nitrogens with zero attached hydrogens (tertiary/aromatic N) is 5. The van der Waals surface area contributed by atoms with Gasteiger partial charge in [-0.05, 0) is 19.1 Å². The van der Waals surface area contributed by atoms with Gasteiger partial charge in [0.05, 0.1) is 5.75 Å². The van der Waals surface area contributed by atoms with Gasteiger partial charge in [-0.1, -0.05) is 29.5 Å². The Balaban J connectivity index is 1.72. The number of hydrogen-bond donors (Lipinski definition) is 0. The van der Waals surface area contributed by atoms with Gasteiger partial charge in [-0.25, -0.2) is 0 Å². The van der Waals surface area contributed by atoms with Crippen LogP contribution < -0.4 is 4.80 Å². The van der Waals surface area contributed by atoms with Crippen molar-refractivity contribution >= 4 is 29.0 Å². The zero-order chi connectivity index (χ0) is 16.2. The standard InChI is InChI=1S/C15H15N5OS2/c1-11-3-5-12(6-4-11)20-10-16-18-15(20)23-9-13(21)17-14-19(2)7-8-22-14/h3-8,10H,9H2,1-2H3. The van der Waals surface area contributed by atoms with Gasteiger partial charge >= 0.3 is 0 Å². The normalized spacial score (nSPS) is 11.8. The Morgan fingerprint density at radius 1 is 1.35 bits per heavy atom. The Bertz CT molecular complexity index is 876. The van der Waals surface area contributed by atoms with Crippen LogP contribution in [0, 0.1) is 6.92 Å². The molecule has 6 nitrogen and oxygen atoms in total. The highest BCUT2D eigenvalue weighted by Gasteiger charge is 2.10. The first-order valence-electron chi connectivity index (χ1n) is 6.91. The smallest absolute Gasteiger partial charge is 0.258 e. The molecule has 0 atom stereocenters. The second-order valence-corrected chi connectivity index (χ2v) is 6.73. The fraction of sp³-hybridized carbons (Fsp3) is 0.200. The van der Waals surface area contributed by atoms with E-state index in [0.29, 0.717) is 9.96 Å². The Morgan fingerprint density at radius 3 is 2.83 bits per heavy atom. The van der Waals surface area contributed by atoms with Gasteiger partial charge in [0, 0.05) is 24.3 Å². The number of thiazole rings is 1. The fourth-order valence-electron chi connectivity index (χ4n) is 1.91. The summed E-state index contributed by atoms with van der Waals surface area (Å²) in [5.74, 6) is 0.0362. The minimum atomic E-state index is -0.188. The van der Waals surface area contributed by atoms with E-state index in [1.54, 1.807) is 6.33 Å². The Hall–Kier alpha value is -2.19. The number of thioether (sulfide) groups is 1. The predicted molar refractivity (Wildman–Crippen MR) is 90.7 cm³/mol. The van der Waals surface area contributed by atoms with Gasteiger partial charge in [-0.3, -0.25) is 9.36 Å². The number of amides is 1. The highest BCUT2D eigenvalue weighted by Crippen LogP contribution is 2.19. The lowest BCUT2D eigenvalue weighted by Crippen LogP contribution is -2.13. The predicted octanol–water partition coefficient (Wildman–Crippen LogP) is 2.20. The summed E-state index contributed by atoms with van der Waals surface area (Å²) >= 11 is 2.77. The van der Waals surface area contributed by atoms with Crippen LogP contribution in [-0.4, -0.2) is 31.0 Å². The number of carbonyl (C=O) groups excluding carboxylic acids is 1. The Morgan fingerprint density at radius 2 is 2.13 bits per heavy atom. The fourth-order valence-corrected chi connectivity index (χ4v) is 3.37. The first-order chi connectivity index (χ1) is 11.1. The van der Waals surface area contributed by atoms with Crippen molar-refractivity contribution in [2.45, 2.75) is 12.1 Å². The summed E-state index contributed by atoms with van der Waals surface area (Å²) in [6.45, 7) is 2.04. The molecular weight excluding hydrogens is 330 g/mol. The molecule has 0 aliphatic heterocycles. The lowest BCUT2D eigenvalue weighted by atomic mass is 10.2. The summed E-state index contributed by atoms with van der Waals surface area (Å²) in [6.07, 6.45) is 3.52. The molecule has 23 heavy (non-hydrogen) atoms. The molecule has 0 fully saturated rings. The number of aryl methyl sites for hydroxylation is 2. The van der Waals surface area contributed by atoms with E-state index in [1.807, 2.05) is 58.9 Å². The summed E-state index contributed by atoms with van der Waals surface area (Å²) in [7, 11) is 1.86. The first-order valence-corrected chi connectivity index (χ1v) is 8.77. The number of rotatable bonds is 4. The molecule has 8 heteroatoms. The van der Waals surface area contributed by atoms with Crippen molar-refractivity contribution < 1.29 is 4.79 Å². The third kappa shape index (κ3) is 3.77. The third-order valence-electron chi connectivity index (χ3n) is 3.13. The molecular formula is C15H15N5OS2. The van der Waals surface area contributed by atoms with E-state index in [2.05, 4.69) is 15.2 Å². The molecule has 0 bridgehead atoms. The molecule has 0 N–H and O–H groups in total. The lowest BCUT2D eigenvalue weighted by molar-refractivity contribution is -0.115. The molecule has 3 rings (SSSR count). The maximum Gasteiger partial charge on any atom is 0.258 e. The highest BCUT2D eigenvalue weighted by molar-refractivity contribution is 7.99. The minimum Gasteiger partial charge on any atom is -0.327 e. The van der Waals surface area contributed by atoms with Crippen LogP contribution in [0.25, 0.3) is 5.69 Å². The van der Waals surface area contributed by atoms with Crippen molar-refractivity contribution in [1.82, 2.24) is 19.3 Å². The van der Waals surface area contributed by atoms with Crippen LogP contribution >= 0.6 is 23.1 Å². The average Bonchev–Trinajstić information content (AvgIpc) is 3.16. The van der Waals surface area contributed by atoms with Crippen LogP contribution in [0.15, 0.2) is 52.3 Å². The van der Waals surface area contributed by atoms with Crippen LogP contribution in [0.4, 0.5) is 0 Å². The van der Waals surface area contributed by atoms with Gasteiger partial charge in [0.2, 0.25) is 0 Å². The molecule has 1 amide bonds. The van der Waals surface area contributed by atoms with Crippen LogP contribution in [-0.2, 0) is 11.8 Å². The zero-order valence-electron chi connectivity index (χ0n) is 12.7. The maximum atomic E-state index is 12.0. The number of hydrogen-bond acceptors (Lipinski definition) is 5. The molecule has 0 aliphatic rings. The van der Waals surface area contributed by atoms with E-state index >= 15 is 0 Å².